The molecule has 0 aliphatic carbocycles. The van der Waals surface area contributed by atoms with Crippen LogP contribution in [0.1, 0.15) is 24.1 Å². The van der Waals surface area contributed by atoms with E-state index in [9.17, 15) is 4.79 Å². The van der Waals surface area contributed by atoms with Crippen molar-refractivity contribution in [2.24, 2.45) is 0 Å². The van der Waals surface area contributed by atoms with E-state index in [0.29, 0.717) is 46.0 Å². The summed E-state index contributed by atoms with van der Waals surface area (Å²) in [6.45, 7) is 2.19. The van der Waals surface area contributed by atoms with Crippen molar-refractivity contribution in [2.45, 2.75) is 19.6 Å². The summed E-state index contributed by atoms with van der Waals surface area (Å²) in [6.07, 6.45) is 1.46. The quantitative estimate of drug-likeness (QED) is 0.350. The van der Waals surface area contributed by atoms with Gasteiger partial charge in [-0.25, -0.2) is 4.68 Å². The number of fused-ring (bicyclic) bond motifs is 1. The number of anilines is 2. The number of nitrogens with one attached hydrogen (secondary N) is 2. The predicted octanol–water partition coefficient (Wildman–Crippen LogP) is 5.45. The van der Waals surface area contributed by atoms with Crippen molar-refractivity contribution < 1.29 is 14.3 Å². The fourth-order valence-corrected chi connectivity index (χ4v) is 4.32. The number of nitrogens with zero attached hydrogens (tertiary/aromatic N) is 3. The molecule has 0 saturated heterocycles. The van der Waals surface area contributed by atoms with E-state index in [1.54, 1.807) is 23.9 Å². The predicted molar refractivity (Wildman–Crippen MR) is 138 cm³/mol. The molecule has 1 aliphatic heterocycles. The molecular weight excluding hydrogens is 478 g/mol. The number of carbonyl (C=O) groups excluding carboxylic acids is 1. The second kappa shape index (κ2) is 10.1. The third-order valence-corrected chi connectivity index (χ3v) is 6.17. The summed E-state index contributed by atoms with van der Waals surface area (Å²) in [5.41, 5.74) is 3.48. The third kappa shape index (κ3) is 4.63. The van der Waals surface area contributed by atoms with Crippen LogP contribution in [0.5, 0.6) is 11.5 Å². The van der Waals surface area contributed by atoms with Crippen LogP contribution in [0.2, 0.25) is 5.02 Å². The van der Waals surface area contributed by atoms with Gasteiger partial charge in [-0.3, -0.25) is 4.79 Å². The Bertz CT molecular complexity index is 1430. The van der Waals surface area contributed by atoms with Gasteiger partial charge in [-0.2, -0.15) is 10.1 Å². The topological polar surface area (TPSA) is 90.3 Å². The Labute approximate surface area is 213 Å². The van der Waals surface area contributed by atoms with Gasteiger partial charge < -0.3 is 20.1 Å². The average Bonchev–Trinajstić information content (AvgIpc) is 3.36. The van der Waals surface area contributed by atoms with Gasteiger partial charge in [-0.1, -0.05) is 54.1 Å². The second-order valence-corrected chi connectivity index (χ2v) is 8.64. The summed E-state index contributed by atoms with van der Waals surface area (Å²) in [6, 6.07) is 21.8. The number of rotatable bonds is 7. The van der Waals surface area contributed by atoms with Crippen LogP contribution in [0.4, 0.5) is 11.6 Å². The van der Waals surface area contributed by atoms with E-state index in [1.807, 2.05) is 67.6 Å². The van der Waals surface area contributed by atoms with E-state index in [1.165, 1.54) is 6.33 Å². The molecule has 2 N–H and O–H groups in total. The number of allylic oxidation sites excluding steroid dienone is 1. The Morgan fingerprint density at radius 3 is 2.56 bits per heavy atom. The molecule has 1 aromatic heterocycles. The summed E-state index contributed by atoms with van der Waals surface area (Å²) < 4.78 is 13.3. The van der Waals surface area contributed by atoms with Crippen molar-refractivity contribution in [3.05, 3.63) is 107 Å². The molecule has 4 aromatic rings. The molecule has 0 spiro atoms. The zero-order valence-corrected chi connectivity index (χ0v) is 20.5. The molecule has 0 bridgehead atoms. The highest BCUT2D eigenvalue weighted by molar-refractivity contribution is 6.30. The second-order valence-electron chi connectivity index (χ2n) is 8.20. The maximum Gasteiger partial charge on any atom is 0.255 e. The van der Waals surface area contributed by atoms with Gasteiger partial charge >= 0.3 is 0 Å². The summed E-state index contributed by atoms with van der Waals surface area (Å²) in [4.78, 5) is 18.0. The van der Waals surface area contributed by atoms with E-state index in [2.05, 4.69) is 20.7 Å². The lowest BCUT2D eigenvalue weighted by atomic mass is 9.94. The highest BCUT2D eigenvalue weighted by Crippen LogP contribution is 2.39. The van der Waals surface area contributed by atoms with Gasteiger partial charge in [0.1, 0.15) is 30.5 Å². The van der Waals surface area contributed by atoms with Crippen LogP contribution in [-0.4, -0.2) is 27.8 Å². The minimum absolute atomic E-state index is 0.289. The Morgan fingerprint density at radius 2 is 1.78 bits per heavy atom. The number of benzene rings is 3. The molecule has 0 saturated carbocycles. The minimum Gasteiger partial charge on any atom is -0.495 e. The monoisotopic (exact) mass is 501 g/mol. The molecule has 0 radical (unpaired) electrons. The Hall–Kier alpha value is -4.30. The molecule has 1 amide bonds. The molecule has 5 rings (SSSR count). The SMILES string of the molecule is COc1ccccc1NC(=O)C1=C(C)Nc2ncnn2[C@H]1c1ccccc1OCc1ccc(Cl)cc1. The summed E-state index contributed by atoms with van der Waals surface area (Å²) in [7, 11) is 1.57. The zero-order valence-electron chi connectivity index (χ0n) is 19.7. The van der Waals surface area contributed by atoms with E-state index < -0.39 is 6.04 Å². The first-order chi connectivity index (χ1) is 17.5. The zero-order chi connectivity index (χ0) is 25.1. The highest BCUT2D eigenvalue weighted by atomic mass is 35.5. The molecule has 0 unspecified atom stereocenters. The molecule has 36 heavy (non-hydrogen) atoms. The largest absolute Gasteiger partial charge is 0.495 e. The van der Waals surface area contributed by atoms with Crippen molar-refractivity contribution in [3.63, 3.8) is 0 Å². The molecule has 1 aliphatic rings. The number of ether oxygens (including phenoxy) is 2. The van der Waals surface area contributed by atoms with Gasteiger partial charge in [0.25, 0.3) is 5.91 Å². The van der Waals surface area contributed by atoms with Crippen molar-refractivity contribution in [1.29, 1.82) is 0 Å². The van der Waals surface area contributed by atoms with Gasteiger partial charge in [0, 0.05) is 16.3 Å². The molecule has 182 valence electrons. The first-order valence-electron chi connectivity index (χ1n) is 11.3. The van der Waals surface area contributed by atoms with Gasteiger partial charge in [-0.05, 0) is 42.8 Å². The first-order valence-corrected chi connectivity index (χ1v) is 11.7. The van der Waals surface area contributed by atoms with Crippen LogP contribution in [0.15, 0.2) is 90.4 Å². The Balaban J connectivity index is 1.52. The van der Waals surface area contributed by atoms with E-state index in [-0.39, 0.29) is 5.91 Å². The van der Waals surface area contributed by atoms with Crippen LogP contribution in [-0.2, 0) is 11.4 Å². The van der Waals surface area contributed by atoms with E-state index in [4.69, 9.17) is 21.1 Å². The Morgan fingerprint density at radius 1 is 1.06 bits per heavy atom. The maximum absolute atomic E-state index is 13.7. The molecule has 8 nitrogen and oxygen atoms in total. The van der Waals surface area contributed by atoms with Crippen LogP contribution in [0, 0.1) is 0 Å². The lowest BCUT2D eigenvalue weighted by Gasteiger charge is -2.30. The number of halogens is 1. The lowest BCUT2D eigenvalue weighted by molar-refractivity contribution is -0.113. The van der Waals surface area contributed by atoms with E-state index >= 15 is 0 Å². The average molecular weight is 502 g/mol. The highest BCUT2D eigenvalue weighted by Gasteiger charge is 2.35. The number of methoxy groups -OCH3 is 1. The van der Waals surface area contributed by atoms with Crippen LogP contribution in [0.3, 0.4) is 0 Å². The summed E-state index contributed by atoms with van der Waals surface area (Å²) in [5, 5.41) is 11.3. The number of aromatic nitrogens is 3. The van der Waals surface area contributed by atoms with Crippen LogP contribution in [0.25, 0.3) is 0 Å². The normalized spacial score (nSPS) is 14.6. The fourth-order valence-electron chi connectivity index (χ4n) is 4.19. The van der Waals surface area contributed by atoms with Gasteiger partial charge in [-0.15, -0.1) is 0 Å². The van der Waals surface area contributed by atoms with Gasteiger partial charge in [0.05, 0.1) is 18.4 Å². The summed E-state index contributed by atoms with van der Waals surface area (Å²) >= 11 is 6.02. The number of hydrogen-bond acceptors (Lipinski definition) is 6. The molecule has 1 atom stereocenters. The lowest BCUT2D eigenvalue weighted by Crippen LogP contribution is -2.31. The van der Waals surface area contributed by atoms with Gasteiger partial charge in [0.15, 0.2) is 0 Å². The standard InChI is InChI=1S/C27H24ClN5O3/c1-17-24(26(34)32-21-8-4-6-10-23(21)35-2)25(33-27(31-17)29-16-30-33)20-7-3-5-9-22(20)36-15-18-11-13-19(28)14-12-18/h3-14,16,25H,15H2,1-2H3,(H,32,34)(H,29,30,31)/t25-/m0/s1. The maximum atomic E-state index is 13.7. The van der Waals surface area contributed by atoms with Crippen molar-refractivity contribution in [3.8, 4) is 11.5 Å². The number of carbonyl (C=O) groups is 1. The number of amides is 1. The molecule has 3 aromatic carbocycles. The smallest absolute Gasteiger partial charge is 0.255 e. The van der Waals surface area contributed by atoms with Crippen molar-refractivity contribution in [1.82, 2.24) is 14.8 Å². The third-order valence-electron chi connectivity index (χ3n) is 5.92. The minimum atomic E-state index is -0.570. The Kier molecular flexibility index (Phi) is 6.60. The summed E-state index contributed by atoms with van der Waals surface area (Å²) in [5.74, 6) is 1.45. The first kappa shape index (κ1) is 23.4. The van der Waals surface area contributed by atoms with Gasteiger partial charge in [0.2, 0.25) is 5.95 Å². The van der Waals surface area contributed by atoms with Crippen molar-refractivity contribution in [2.75, 3.05) is 17.7 Å². The van der Waals surface area contributed by atoms with Crippen LogP contribution < -0.4 is 20.1 Å². The fraction of sp³-hybridized carbons (Fsp3) is 0.148. The molecule has 9 heteroatoms. The molecule has 2 heterocycles. The van der Waals surface area contributed by atoms with E-state index in [0.717, 1.165) is 11.1 Å². The number of para-hydroxylation sites is 3. The molecule has 0 fully saturated rings. The number of hydrogen-bond donors (Lipinski definition) is 2. The van der Waals surface area contributed by atoms with Crippen LogP contribution >= 0.6 is 11.6 Å². The van der Waals surface area contributed by atoms with Crippen molar-refractivity contribution >= 4 is 29.1 Å². The molecular formula is C27H24ClN5O3.